The van der Waals surface area contributed by atoms with Crippen molar-refractivity contribution < 1.29 is 13.9 Å². The molecule has 0 amide bonds. The van der Waals surface area contributed by atoms with Crippen molar-refractivity contribution in [2.45, 2.75) is 51.7 Å². The van der Waals surface area contributed by atoms with Crippen molar-refractivity contribution in [3.63, 3.8) is 0 Å². The van der Waals surface area contributed by atoms with Crippen molar-refractivity contribution in [1.29, 1.82) is 0 Å². The number of aliphatic hydroxyl groups is 1. The van der Waals surface area contributed by atoms with Crippen molar-refractivity contribution >= 4 is 0 Å². The number of allylic oxidation sites excluding steroid dienone is 6. The Balaban J connectivity index is 1.97. The molecule has 124 valence electrons. The molecule has 4 nitrogen and oxygen atoms in total. The minimum Gasteiger partial charge on any atom is -0.382 e. The van der Waals surface area contributed by atoms with Gasteiger partial charge in [0.1, 0.15) is 11.4 Å². The number of aromatic nitrogens is 3. The van der Waals surface area contributed by atoms with E-state index in [4.69, 9.17) is 0 Å². The van der Waals surface area contributed by atoms with Gasteiger partial charge in [-0.25, -0.2) is 8.78 Å². The SMILES string of the molecule is CC(C)(O)c1nnc2n1C[C@H](C1=CCC=CC(F)=C1F)CCC2. The fourth-order valence-electron chi connectivity index (χ4n) is 3.25. The highest BCUT2D eigenvalue weighted by Gasteiger charge is 2.31. The van der Waals surface area contributed by atoms with Gasteiger partial charge in [0, 0.05) is 18.9 Å². The highest BCUT2D eigenvalue weighted by atomic mass is 19.2. The summed E-state index contributed by atoms with van der Waals surface area (Å²) in [5.41, 5.74) is -0.713. The predicted molar refractivity (Wildman–Crippen MR) is 82.8 cm³/mol. The second kappa shape index (κ2) is 6.00. The first-order valence-electron chi connectivity index (χ1n) is 7.95. The Morgan fingerprint density at radius 3 is 2.83 bits per heavy atom. The molecule has 0 radical (unpaired) electrons. The number of fused-ring (bicyclic) bond motifs is 1. The van der Waals surface area contributed by atoms with Crippen LogP contribution in [0.15, 0.2) is 35.5 Å². The monoisotopic (exact) mass is 321 g/mol. The van der Waals surface area contributed by atoms with Gasteiger partial charge in [0.05, 0.1) is 0 Å². The van der Waals surface area contributed by atoms with E-state index in [9.17, 15) is 13.9 Å². The maximum Gasteiger partial charge on any atom is 0.164 e. The molecule has 1 N–H and O–H groups in total. The summed E-state index contributed by atoms with van der Waals surface area (Å²) in [7, 11) is 0. The number of nitrogens with zero attached hydrogens (tertiary/aromatic N) is 3. The molecule has 1 atom stereocenters. The van der Waals surface area contributed by atoms with E-state index >= 15 is 0 Å². The maximum atomic E-state index is 14.4. The highest BCUT2D eigenvalue weighted by Crippen LogP contribution is 2.35. The normalized spacial score (nSPS) is 22.5. The lowest BCUT2D eigenvalue weighted by Crippen LogP contribution is -2.25. The van der Waals surface area contributed by atoms with Gasteiger partial charge in [-0.2, -0.15) is 0 Å². The lowest BCUT2D eigenvalue weighted by atomic mass is 9.92. The zero-order valence-electron chi connectivity index (χ0n) is 13.4. The van der Waals surface area contributed by atoms with Crippen LogP contribution in [0.1, 0.15) is 44.8 Å². The van der Waals surface area contributed by atoms with Crippen LogP contribution in [0.25, 0.3) is 0 Å². The largest absolute Gasteiger partial charge is 0.382 e. The van der Waals surface area contributed by atoms with Crippen LogP contribution in [0.4, 0.5) is 8.78 Å². The molecule has 0 aromatic carbocycles. The van der Waals surface area contributed by atoms with E-state index in [0.717, 1.165) is 25.1 Å². The summed E-state index contributed by atoms with van der Waals surface area (Å²) in [5.74, 6) is -0.479. The number of aryl methyl sites for hydroxylation is 1. The van der Waals surface area contributed by atoms with Crippen LogP contribution in [0.2, 0.25) is 0 Å². The third-order valence-corrected chi connectivity index (χ3v) is 4.37. The Labute approximate surface area is 134 Å². The van der Waals surface area contributed by atoms with Gasteiger partial charge in [0.25, 0.3) is 0 Å². The van der Waals surface area contributed by atoms with Gasteiger partial charge < -0.3 is 9.67 Å². The Morgan fingerprint density at radius 2 is 2.09 bits per heavy atom. The van der Waals surface area contributed by atoms with Crippen LogP contribution in [0.3, 0.4) is 0 Å². The fraction of sp³-hybridized carbons (Fsp3) is 0.529. The van der Waals surface area contributed by atoms with Gasteiger partial charge in [0.2, 0.25) is 0 Å². The van der Waals surface area contributed by atoms with Crippen LogP contribution in [0.5, 0.6) is 0 Å². The lowest BCUT2D eigenvalue weighted by molar-refractivity contribution is 0.0635. The predicted octanol–water partition coefficient (Wildman–Crippen LogP) is 3.49. The summed E-state index contributed by atoms with van der Waals surface area (Å²) in [6.07, 6.45) is 7.36. The summed E-state index contributed by atoms with van der Waals surface area (Å²) in [5, 5.41) is 18.5. The molecule has 0 fully saturated rings. The Hall–Kier alpha value is -1.82. The fourth-order valence-corrected chi connectivity index (χ4v) is 3.25. The van der Waals surface area contributed by atoms with Crippen LogP contribution in [-0.4, -0.2) is 19.9 Å². The third-order valence-electron chi connectivity index (χ3n) is 4.37. The third kappa shape index (κ3) is 3.13. The molecule has 23 heavy (non-hydrogen) atoms. The molecule has 1 aromatic rings. The zero-order valence-corrected chi connectivity index (χ0v) is 13.4. The Bertz CT molecular complexity index is 695. The first-order chi connectivity index (χ1) is 10.9. The molecule has 0 bridgehead atoms. The highest BCUT2D eigenvalue weighted by molar-refractivity contribution is 5.37. The van der Waals surface area contributed by atoms with Gasteiger partial charge in [-0.3, -0.25) is 0 Å². The molecule has 1 aromatic heterocycles. The van der Waals surface area contributed by atoms with Gasteiger partial charge in [-0.15, -0.1) is 10.2 Å². The van der Waals surface area contributed by atoms with E-state index in [1.807, 2.05) is 4.57 Å². The summed E-state index contributed by atoms with van der Waals surface area (Å²) >= 11 is 0. The number of hydrogen-bond donors (Lipinski definition) is 1. The lowest BCUT2D eigenvalue weighted by Gasteiger charge is -2.22. The molecule has 0 unspecified atom stereocenters. The average Bonchev–Trinajstić information content (AvgIpc) is 2.67. The topological polar surface area (TPSA) is 50.9 Å². The molecule has 2 heterocycles. The second-order valence-corrected chi connectivity index (χ2v) is 6.66. The summed E-state index contributed by atoms with van der Waals surface area (Å²) in [6.45, 7) is 3.76. The van der Waals surface area contributed by atoms with Crippen LogP contribution < -0.4 is 0 Å². The molecule has 1 aliphatic carbocycles. The first kappa shape index (κ1) is 16.1. The molecule has 0 saturated heterocycles. The first-order valence-corrected chi connectivity index (χ1v) is 7.95. The Morgan fingerprint density at radius 1 is 1.30 bits per heavy atom. The van der Waals surface area contributed by atoms with E-state index in [1.54, 1.807) is 26.0 Å². The minimum atomic E-state index is -1.13. The van der Waals surface area contributed by atoms with Gasteiger partial charge >= 0.3 is 0 Å². The molecule has 0 spiro atoms. The van der Waals surface area contributed by atoms with E-state index < -0.39 is 17.3 Å². The van der Waals surface area contributed by atoms with Crippen LogP contribution in [-0.2, 0) is 18.6 Å². The summed E-state index contributed by atoms with van der Waals surface area (Å²) < 4.78 is 30.0. The summed E-state index contributed by atoms with van der Waals surface area (Å²) in [4.78, 5) is 0. The molecular formula is C17H21F2N3O. The van der Waals surface area contributed by atoms with E-state index in [-0.39, 0.29) is 5.92 Å². The molecule has 0 saturated carbocycles. The number of rotatable bonds is 2. The zero-order chi connectivity index (χ0) is 16.6. The molecular weight excluding hydrogens is 300 g/mol. The van der Waals surface area contributed by atoms with Gasteiger partial charge in [-0.1, -0.05) is 12.2 Å². The average molecular weight is 321 g/mol. The van der Waals surface area contributed by atoms with Crippen molar-refractivity contribution in [1.82, 2.24) is 14.8 Å². The molecule has 1 aliphatic heterocycles. The standard InChI is InChI=1S/C17H21F2N3O/c1-17(2,23)16-21-20-14-9-5-6-11(10-22(14)16)12-7-3-4-8-13(18)15(12)19/h4,7-8,11,23H,3,5-6,9-10H2,1-2H3/t11-/m1/s1. The minimum absolute atomic E-state index is 0.154. The smallest absolute Gasteiger partial charge is 0.164 e. The molecule has 3 rings (SSSR count). The van der Waals surface area contributed by atoms with Crippen molar-refractivity contribution in [3.8, 4) is 0 Å². The molecule has 6 heteroatoms. The number of halogens is 2. The number of hydrogen-bond acceptors (Lipinski definition) is 3. The van der Waals surface area contributed by atoms with E-state index in [1.165, 1.54) is 6.08 Å². The van der Waals surface area contributed by atoms with Crippen LogP contribution >= 0.6 is 0 Å². The van der Waals surface area contributed by atoms with Crippen molar-refractivity contribution in [2.75, 3.05) is 0 Å². The maximum absolute atomic E-state index is 14.4. The van der Waals surface area contributed by atoms with E-state index in [2.05, 4.69) is 10.2 Å². The summed E-state index contributed by atoms with van der Waals surface area (Å²) in [6, 6.07) is 0. The quantitative estimate of drug-likeness (QED) is 0.907. The van der Waals surface area contributed by atoms with Crippen molar-refractivity contribution in [2.24, 2.45) is 5.92 Å². The van der Waals surface area contributed by atoms with Crippen LogP contribution in [0, 0.1) is 5.92 Å². The van der Waals surface area contributed by atoms with Gasteiger partial charge in [0.15, 0.2) is 17.5 Å². The van der Waals surface area contributed by atoms with Gasteiger partial charge in [-0.05, 0) is 44.8 Å². The second-order valence-electron chi connectivity index (χ2n) is 6.66. The van der Waals surface area contributed by atoms with Crippen molar-refractivity contribution in [3.05, 3.63) is 47.1 Å². The molecule has 2 aliphatic rings. The van der Waals surface area contributed by atoms with E-state index in [0.29, 0.717) is 24.4 Å². The Kier molecular flexibility index (Phi) is 4.19.